The molecular formula is C13H15N3S. The molecule has 0 radical (unpaired) electrons. The number of imidazole rings is 1. The molecule has 0 unspecified atom stereocenters. The molecule has 0 atom stereocenters. The first-order chi connectivity index (χ1) is 8.35. The Morgan fingerprint density at radius 1 is 1.53 bits per heavy atom. The van der Waals surface area contributed by atoms with Gasteiger partial charge in [0.2, 0.25) is 5.95 Å². The zero-order chi connectivity index (χ0) is 12.1. The van der Waals surface area contributed by atoms with Gasteiger partial charge in [-0.25, -0.2) is 4.98 Å². The molecule has 0 fully saturated rings. The first-order valence-corrected chi connectivity index (χ1v) is 6.60. The topological polar surface area (TPSA) is 29.9 Å². The van der Waals surface area contributed by atoms with Crippen LogP contribution in [-0.2, 0) is 0 Å². The van der Waals surface area contributed by atoms with Gasteiger partial charge in [-0.2, -0.15) is 0 Å². The highest BCUT2D eigenvalue weighted by Gasteiger charge is 2.03. The summed E-state index contributed by atoms with van der Waals surface area (Å²) in [5, 5.41) is 3.21. The van der Waals surface area contributed by atoms with Gasteiger partial charge in [0.15, 0.2) is 0 Å². The highest BCUT2D eigenvalue weighted by atomic mass is 32.2. The van der Waals surface area contributed by atoms with Gasteiger partial charge in [0.1, 0.15) is 0 Å². The van der Waals surface area contributed by atoms with Crippen molar-refractivity contribution < 1.29 is 0 Å². The van der Waals surface area contributed by atoms with Gasteiger partial charge in [-0.05, 0) is 24.5 Å². The third-order valence-corrected chi connectivity index (χ3v) is 3.10. The van der Waals surface area contributed by atoms with E-state index in [4.69, 9.17) is 0 Å². The lowest BCUT2D eigenvalue weighted by atomic mass is 10.3. The first-order valence-electron chi connectivity index (χ1n) is 5.37. The van der Waals surface area contributed by atoms with Crippen molar-refractivity contribution in [3.63, 3.8) is 0 Å². The first kappa shape index (κ1) is 11.8. The molecule has 1 heterocycles. The molecule has 0 aliphatic heterocycles. The van der Waals surface area contributed by atoms with Gasteiger partial charge < -0.3 is 5.32 Å². The lowest BCUT2D eigenvalue weighted by Gasteiger charge is -2.09. The van der Waals surface area contributed by atoms with Gasteiger partial charge in [0.05, 0.1) is 0 Å². The van der Waals surface area contributed by atoms with Crippen molar-refractivity contribution in [3.8, 4) is 5.69 Å². The standard InChI is InChI=1S/C13H15N3S/c1-3-7-14-13-15-8-9-16(13)11-5-4-6-12(10-11)17-2/h3-6,8-10H,1,7H2,2H3,(H,14,15). The zero-order valence-electron chi connectivity index (χ0n) is 9.76. The quantitative estimate of drug-likeness (QED) is 0.648. The number of nitrogens with zero attached hydrogens (tertiary/aromatic N) is 2. The largest absolute Gasteiger partial charge is 0.352 e. The fourth-order valence-electron chi connectivity index (χ4n) is 1.57. The van der Waals surface area contributed by atoms with Crippen LogP contribution in [0, 0.1) is 0 Å². The smallest absolute Gasteiger partial charge is 0.207 e. The monoisotopic (exact) mass is 245 g/mol. The Morgan fingerprint density at radius 3 is 3.18 bits per heavy atom. The van der Waals surface area contributed by atoms with E-state index in [2.05, 4.69) is 47.4 Å². The van der Waals surface area contributed by atoms with Gasteiger partial charge in [0.25, 0.3) is 0 Å². The van der Waals surface area contributed by atoms with E-state index in [1.165, 1.54) is 4.90 Å². The van der Waals surface area contributed by atoms with E-state index in [9.17, 15) is 0 Å². The number of hydrogen-bond acceptors (Lipinski definition) is 3. The highest BCUT2D eigenvalue weighted by molar-refractivity contribution is 7.98. The predicted molar refractivity (Wildman–Crippen MR) is 74.0 cm³/mol. The molecule has 1 N–H and O–H groups in total. The Bertz CT molecular complexity index is 505. The molecule has 2 aromatic rings. The Balaban J connectivity index is 2.31. The van der Waals surface area contributed by atoms with Crippen LogP contribution >= 0.6 is 11.8 Å². The second kappa shape index (κ2) is 5.59. The maximum absolute atomic E-state index is 4.28. The van der Waals surface area contributed by atoms with Crippen LogP contribution in [0.4, 0.5) is 5.95 Å². The van der Waals surface area contributed by atoms with Crippen LogP contribution in [0.2, 0.25) is 0 Å². The Hall–Kier alpha value is -1.68. The number of benzene rings is 1. The summed E-state index contributed by atoms with van der Waals surface area (Å²) in [6.07, 6.45) is 7.63. The average molecular weight is 245 g/mol. The van der Waals surface area contributed by atoms with Gasteiger partial charge in [-0.15, -0.1) is 18.3 Å². The summed E-state index contributed by atoms with van der Waals surface area (Å²) in [6, 6.07) is 8.37. The minimum atomic E-state index is 0.708. The zero-order valence-corrected chi connectivity index (χ0v) is 10.6. The molecule has 0 amide bonds. The number of anilines is 1. The van der Waals surface area contributed by atoms with Gasteiger partial charge >= 0.3 is 0 Å². The summed E-state index contributed by atoms with van der Waals surface area (Å²) in [4.78, 5) is 5.52. The normalized spacial score (nSPS) is 10.2. The predicted octanol–water partition coefficient (Wildman–Crippen LogP) is 3.19. The van der Waals surface area contributed by atoms with Gasteiger partial charge in [0, 0.05) is 29.5 Å². The maximum atomic E-state index is 4.28. The number of rotatable bonds is 5. The lowest BCUT2D eigenvalue weighted by Crippen LogP contribution is -2.05. The van der Waals surface area contributed by atoms with E-state index < -0.39 is 0 Å². The molecule has 0 aliphatic carbocycles. The Morgan fingerprint density at radius 2 is 2.41 bits per heavy atom. The Kier molecular flexibility index (Phi) is 3.88. The lowest BCUT2D eigenvalue weighted by molar-refractivity contribution is 1.03. The number of aromatic nitrogens is 2. The van der Waals surface area contributed by atoms with Crippen molar-refractivity contribution in [1.29, 1.82) is 0 Å². The van der Waals surface area contributed by atoms with Crippen molar-refractivity contribution in [3.05, 3.63) is 49.3 Å². The summed E-state index contributed by atoms with van der Waals surface area (Å²) >= 11 is 1.73. The fraction of sp³-hybridized carbons (Fsp3) is 0.154. The van der Waals surface area contributed by atoms with Crippen molar-refractivity contribution in [1.82, 2.24) is 9.55 Å². The summed E-state index contributed by atoms with van der Waals surface area (Å²) in [5.74, 6) is 0.836. The molecule has 17 heavy (non-hydrogen) atoms. The van der Waals surface area contributed by atoms with E-state index in [1.807, 2.05) is 16.8 Å². The maximum Gasteiger partial charge on any atom is 0.207 e. The molecule has 3 nitrogen and oxygen atoms in total. The van der Waals surface area contributed by atoms with Crippen LogP contribution in [0.5, 0.6) is 0 Å². The fourth-order valence-corrected chi connectivity index (χ4v) is 2.02. The van der Waals surface area contributed by atoms with Crippen LogP contribution < -0.4 is 5.32 Å². The molecular weight excluding hydrogens is 230 g/mol. The SMILES string of the molecule is C=CCNc1nccn1-c1cccc(SC)c1. The highest BCUT2D eigenvalue weighted by Crippen LogP contribution is 2.20. The van der Waals surface area contributed by atoms with Crippen LogP contribution in [0.1, 0.15) is 0 Å². The van der Waals surface area contributed by atoms with E-state index in [0.29, 0.717) is 6.54 Å². The summed E-state index contributed by atoms with van der Waals surface area (Å²) in [7, 11) is 0. The molecule has 1 aromatic heterocycles. The second-order valence-electron chi connectivity index (χ2n) is 3.49. The number of hydrogen-bond donors (Lipinski definition) is 1. The molecule has 1 aromatic carbocycles. The van der Waals surface area contributed by atoms with E-state index in [0.717, 1.165) is 11.6 Å². The summed E-state index contributed by atoms with van der Waals surface area (Å²) in [5.41, 5.74) is 1.11. The molecule has 4 heteroatoms. The molecule has 0 saturated carbocycles. The van der Waals surface area contributed by atoms with Crippen molar-refractivity contribution in [2.75, 3.05) is 18.1 Å². The molecule has 2 rings (SSSR count). The van der Waals surface area contributed by atoms with Crippen LogP contribution in [0.25, 0.3) is 5.69 Å². The number of thioether (sulfide) groups is 1. The van der Waals surface area contributed by atoms with Crippen molar-refractivity contribution >= 4 is 17.7 Å². The van der Waals surface area contributed by atoms with Crippen LogP contribution in [-0.4, -0.2) is 22.4 Å². The average Bonchev–Trinajstić information content (AvgIpc) is 2.84. The van der Waals surface area contributed by atoms with Crippen molar-refractivity contribution in [2.45, 2.75) is 4.90 Å². The number of nitrogens with one attached hydrogen (secondary N) is 1. The third kappa shape index (κ3) is 2.71. The molecule has 88 valence electrons. The minimum absolute atomic E-state index is 0.708. The van der Waals surface area contributed by atoms with E-state index >= 15 is 0 Å². The summed E-state index contributed by atoms with van der Waals surface area (Å²) < 4.78 is 2.03. The molecule has 0 bridgehead atoms. The molecule has 0 saturated heterocycles. The van der Waals surface area contributed by atoms with E-state index in [1.54, 1.807) is 18.0 Å². The minimum Gasteiger partial charge on any atom is -0.352 e. The second-order valence-corrected chi connectivity index (χ2v) is 4.37. The Labute approximate surface area is 106 Å². The van der Waals surface area contributed by atoms with E-state index in [-0.39, 0.29) is 0 Å². The van der Waals surface area contributed by atoms with Crippen LogP contribution in [0.3, 0.4) is 0 Å². The molecule has 0 spiro atoms. The van der Waals surface area contributed by atoms with Crippen molar-refractivity contribution in [2.24, 2.45) is 0 Å². The summed E-state index contributed by atoms with van der Waals surface area (Å²) in [6.45, 7) is 4.39. The molecule has 0 aliphatic rings. The van der Waals surface area contributed by atoms with Gasteiger partial charge in [-0.3, -0.25) is 4.57 Å². The van der Waals surface area contributed by atoms with Gasteiger partial charge in [-0.1, -0.05) is 12.1 Å². The van der Waals surface area contributed by atoms with Crippen LogP contribution in [0.15, 0.2) is 54.2 Å². The third-order valence-electron chi connectivity index (χ3n) is 2.38.